The second-order valence-electron chi connectivity index (χ2n) is 5.71. The van der Waals surface area contributed by atoms with Gasteiger partial charge in [0.1, 0.15) is 5.69 Å². The van der Waals surface area contributed by atoms with Crippen molar-refractivity contribution in [3.63, 3.8) is 0 Å². The van der Waals surface area contributed by atoms with Crippen LogP contribution in [0.3, 0.4) is 0 Å². The lowest BCUT2D eigenvalue weighted by atomic mass is 10.1. The minimum atomic E-state index is 0.0966. The molecular formula is C17H21N3OS. The standard InChI is InChI=1S/C17H21N3OS/c1-13-5-3-4-6-16(13)22-14-8-11-20(12-9-14)17(21)15-7-10-18-19(15)2/h3-7,10,14H,8-9,11-12H2,1-2H3. The van der Waals surface area contributed by atoms with E-state index >= 15 is 0 Å². The Morgan fingerprint density at radius 1 is 1.23 bits per heavy atom. The highest BCUT2D eigenvalue weighted by molar-refractivity contribution is 8.00. The first-order chi connectivity index (χ1) is 10.6. The smallest absolute Gasteiger partial charge is 0.272 e. The number of hydrogen-bond donors (Lipinski definition) is 0. The summed E-state index contributed by atoms with van der Waals surface area (Å²) in [5.41, 5.74) is 2.01. The van der Waals surface area contributed by atoms with Gasteiger partial charge in [-0.25, -0.2) is 0 Å². The van der Waals surface area contributed by atoms with Gasteiger partial charge in [-0.1, -0.05) is 18.2 Å². The van der Waals surface area contributed by atoms with Gasteiger partial charge >= 0.3 is 0 Å². The normalized spacial score (nSPS) is 16.0. The zero-order valence-corrected chi connectivity index (χ0v) is 13.8. The number of rotatable bonds is 3. The highest BCUT2D eigenvalue weighted by Crippen LogP contribution is 2.32. The largest absolute Gasteiger partial charge is 0.337 e. The number of piperidine rings is 1. The van der Waals surface area contributed by atoms with Crippen molar-refractivity contribution in [2.75, 3.05) is 13.1 Å². The zero-order valence-electron chi connectivity index (χ0n) is 13.0. The Kier molecular flexibility index (Phi) is 4.52. The van der Waals surface area contributed by atoms with Crippen LogP contribution in [0.5, 0.6) is 0 Å². The molecule has 0 spiro atoms. The molecule has 22 heavy (non-hydrogen) atoms. The molecule has 1 aromatic heterocycles. The van der Waals surface area contributed by atoms with E-state index in [2.05, 4.69) is 36.3 Å². The Labute approximate surface area is 135 Å². The Balaban J connectivity index is 1.58. The number of carbonyl (C=O) groups is 1. The predicted octanol–water partition coefficient (Wildman–Crippen LogP) is 3.13. The number of hydrogen-bond acceptors (Lipinski definition) is 3. The quantitative estimate of drug-likeness (QED) is 0.873. The molecule has 2 heterocycles. The topological polar surface area (TPSA) is 38.1 Å². The fourth-order valence-electron chi connectivity index (χ4n) is 2.79. The number of carbonyl (C=O) groups excluding carboxylic acids is 1. The molecule has 1 aliphatic rings. The van der Waals surface area contributed by atoms with Gasteiger partial charge in [-0.05, 0) is 37.5 Å². The summed E-state index contributed by atoms with van der Waals surface area (Å²) < 4.78 is 1.65. The Morgan fingerprint density at radius 3 is 2.59 bits per heavy atom. The van der Waals surface area contributed by atoms with Crippen LogP contribution in [0.4, 0.5) is 0 Å². The lowest BCUT2D eigenvalue weighted by Crippen LogP contribution is -2.40. The van der Waals surface area contributed by atoms with Crippen LogP contribution in [0.25, 0.3) is 0 Å². The minimum Gasteiger partial charge on any atom is -0.337 e. The van der Waals surface area contributed by atoms with E-state index < -0.39 is 0 Å². The predicted molar refractivity (Wildman–Crippen MR) is 89.2 cm³/mol. The van der Waals surface area contributed by atoms with E-state index in [1.165, 1.54) is 10.5 Å². The molecule has 1 aromatic carbocycles. The first-order valence-electron chi connectivity index (χ1n) is 7.64. The monoisotopic (exact) mass is 315 g/mol. The third-order valence-electron chi connectivity index (χ3n) is 4.16. The molecular weight excluding hydrogens is 294 g/mol. The second kappa shape index (κ2) is 6.57. The van der Waals surface area contributed by atoms with E-state index in [0.29, 0.717) is 10.9 Å². The van der Waals surface area contributed by atoms with E-state index in [1.807, 2.05) is 23.7 Å². The third-order valence-corrected chi connectivity index (χ3v) is 5.67. The van der Waals surface area contributed by atoms with Crippen molar-refractivity contribution in [3.05, 3.63) is 47.8 Å². The van der Waals surface area contributed by atoms with E-state index in [9.17, 15) is 4.79 Å². The molecule has 0 atom stereocenters. The van der Waals surface area contributed by atoms with Gasteiger partial charge in [-0.2, -0.15) is 5.10 Å². The van der Waals surface area contributed by atoms with Crippen molar-refractivity contribution in [2.24, 2.45) is 7.05 Å². The summed E-state index contributed by atoms with van der Waals surface area (Å²) in [7, 11) is 1.81. The number of thioether (sulfide) groups is 1. The highest BCUT2D eigenvalue weighted by Gasteiger charge is 2.25. The molecule has 0 bridgehead atoms. The second-order valence-corrected chi connectivity index (χ2v) is 7.06. The lowest BCUT2D eigenvalue weighted by Gasteiger charge is -2.31. The van der Waals surface area contributed by atoms with Gasteiger partial charge in [0.2, 0.25) is 0 Å². The Morgan fingerprint density at radius 2 is 1.95 bits per heavy atom. The summed E-state index contributed by atoms with van der Waals surface area (Å²) in [6.45, 7) is 3.81. The van der Waals surface area contributed by atoms with Crippen LogP contribution in [0.15, 0.2) is 41.4 Å². The number of aromatic nitrogens is 2. The van der Waals surface area contributed by atoms with Crippen LogP contribution in [-0.4, -0.2) is 38.9 Å². The van der Waals surface area contributed by atoms with Gasteiger partial charge in [0, 0.05) is 36.5 Å². The average molecular weight is 315 g/mol. The molecule has 0 unspecified atom stereocenters. The van der Waals surface area contributed by atoms with Crippen molar-refractivity contribution >= 4 is 17.7 Å². The molecule has 2 aromatic rings. The van der Waals surface area contributed by atoms with E-state index in [-0.39, 0.29) is 5.91 Å². The fraction of sp³-hybridized carbons (Fsp3) is 0.412. The van der Waals surface area contributed by atoms with Crippen LogP contribution in [-0.2, 0) is 7.05 Å². The molecule has 1 aliphatic heterocycles. The van der Waals surface area contributed by atoms with Crippen LogP contribution in [0.1, 0.15) is 28.9 Å². The Hall–Kier alpha value is -1.75. The molecule has 0 radical (unpaired) electrons. The number of amides is 1. The van der Waals surface area contributed by atoms with E-state index in [0.717, 1.165) is 25.9 Å². The summed E-state index contributed by atoms with van der Waals surface area (Å²) in [4.78, 5) is 15.8. The van der Waals surface area contributed by atoms with Crippen molar-refractivity contribution in [1.82, 2.24) is 14.7 Å². The molecule has 1 saturated heterocycles. The summed E-state index contributed by atoms with van der Waals surface area (Å²) >= 11 is 1.95. The van der Waals surface area contributed by atoms with Crippen LogP contribution in [0.2, 0.25) is 0 Å². The summed E-state index contributed by atoms with van der Waals surface area (Å²) in [5.74, 6) is 0.0966. The van der Waals surface area contributed by atoms with Crippen molar-refractivity contribution in [3.8, 4) is 0 Å². The van der Waals surface area contributed by atoms with Crippen molar-refractivity contribution < 1.29 is 4.79 Å². The molecule has 0 N–H and O–H groups in total. The van der Waals surface area contributed by atoms with Gasteiger partial charge in [-0.3, -0.25) is 9.48 Å². The highest BCUT2D eigenvalue weighted by atomic mass is 32.2. The van der Waals surface area contributed by atoms with Crippen LogP contribution < -0.4 is 0 Å². The fourth-order valence-corrected chi connectivity index (χ4v) is 4.01. The van der Waals surface area contributed by atoms with Crippen molar-refractivity contribution in [2.45, 2.75) is 29.9 Å². The third kappa shape index (κ3) is 3.19. The molecule has 1 amide bonds. The molecule has 3 rings (SSSR count). The zero-order chi connectivity index (χ0) is 15.5. The first kappa shape index (κ1) is 15.2. The first-order valence-corrected chi connectivity index (χ1v) is 8.52. The Bertz CT molecular complexity index is 659. The van der Waals surface area contributed by atoms with Gasteiger partial charge in [0.05, 0.1) is 0 Å². The van der Waals surface area contributed by atoms with Gasteiger partial charge in [0.25, 0.3) is 5.91 Å². The number of likely N-dealkylation sites (tertiary alicyclic amines) is 1. The molecule has 0 saturated carbocycles. The molecule has 4 nitrogen and oxygen atoms in total. The van der Waals surface area contributed by atoms with E-state index in [1.54, 1.807) is 16.9 Å². The summed E-state index contributed by atoms with van der Waals surface area (Å²) in [6.07, 6.45) is 3.76. The number of benzene rings is 1. The van der Waals surface area contributed by atoms with Crippen LogP contribution >= 0.6 is 11.8 Å². The van der Waals surface area contributed by atoms with Gasteiger partial charge in [-0.15, -0.1) is 11.8 Å². The maximum Gasteiger partial charge on any atom is 0.272 e. The van der Waals surface area contributed by atoms with Crippen molar-refractivity contribution in [1.29, 1.82) is 0 Å². The molecule has 5 heteroatoms. The van der Waals surface area contributed by atoms with Crippen LogP contribution in [0, 0.1) is 6.92 Å². The number of nitrogens with zero attached hydrogens (tertiary/aromatic N) is 3. The molecule has 0 aliphatic carbocycles. The number of aryl methyl sites for hydroxylation is 2. The SMILES string of the molecule is Cc1ccccc1SC1CCN(C(=O)c2ccnn2C)CC1. The van der Waals surface area contributed by atoms with Gasteiger partial charge in [0.15, 0.2) is 0 Å². The minimum absolute atomic E-state index is 0.0966. The summed E-state index contributed by atoms with van der Waals surface area (Å²) in [5, 5.41) is 4.67. The average Bonchev–Trinajstić information content (AvgIpc) is 2.96. The molecule has 1 fully saturated rings. The summed E-state index contributed by atoms with van der Waals surface area (Å²) in [6, 6.07) is 10.3. The van der Waals surface area contributed by atoms with Gasteiger partial charge < -0.3 is 4.90 Å². The maximum atomic E-state index is 12.5. The lowest BCUT2D eigenvalue weighted by molar-refractivity contribution is 0.0716. The molecule has 116 valence electrons. The van der Waals surface area contributed by atoms with E-state index in [4.69, 9.17) is 0 Å². The maximum absolute atomic E-state index is 12.5.